The van der Waals surface area contributed by atoms with Crippen LogP contribution in [0.15, 0.2) is 36.4 Å². The maximum Gasteiger partial charge on any atom is 0.191 e. The molecule has 2 aromatic carbocycles. The molecule has 0 saturated carbocycles. The third-order valence-electron chi connectivity index (χ3n) is 2.61. The third-order valence-corrected chi connectivity index (χ3v) is 2.85. The Bertz CT molecular complexity index is 638. The average Bonchev–Trinajstić information content (AvgIpc) is 2.39. The maximum atomic E-state index is 13.7. The van der Waals surface area contributed by atoms with Crippen LogP contribution in [0.1, 0.15) is 11.1 Å². The monoisotopic (exact) mass is 297 g/mol. The van der Waals surface area contributed by atoms with E-state index in [0.717, 1.165) is 12.1 Å². The number of ether oxygens (including phenoxy) is 1. The summed E-state index contributed by atoms with van der Waals surface area (Å²) >= 11 is 4.64. The zero-order valence-corrected chi connectivity index (χ0v) is 11.0. The lowest BCUT2D eigenvalue weighted by Crippen LogP contribution is -2.11. The van der Waals surface area contributed by atoms with Crippen molar-refractivity contribution in [2.45, 2.75) is 6.61 Å². The van der Waals surface area contributed by atoms with Crippen LogP contribution in [0, 0.1) is 17.5 Å². The molecule has 0 saturated heterocycles. The smallest absolute Gasteiger partial charge is 0.191 e. The largest absolute Gasteiger partial charge is 0.483 e. The van der Waals surface area contributed by atoms with Gasteiger partial charge in [0.15, 0.2) is 17.4 Å². The van der Waals surface area contributed by atoms with Crippen LogP contribution in [-0.4, -0.2) is 4.99 Å². The van der Waals surface area contributed by atoms with E-state index in [4.69, 9.17) is 10.5 Å². The molecule has 104 valence electrons. The van der Waals surface area contributed by atoms with Gasteiger partial charge in [-0.25, -0.2) is 13.2 Å². The fraction of sp³-hybridized carbons (Fsp3) is 0.0714. The first-order valence-electron chi connectivity index (χ1n) is 5.64. The number of rotatable bonds is 4. The van der Waals surface area contributed by atoms with Crippen molar-refractivity contribution in [3.63, 3.8) is 0 Å². The molecular formula is C14H10F3NOS. The SMILES string of the molecule is NC(=S)c1cc(F)c(OCc2ccccc2F)c(F)c1. The van der Waals surface area contributed by atoms with Gasteiger partial charge in [0, 0.05) is 11.1 Å². The van der Waals surface area contributed by atoms with Crippen molar-refractivity contribution in [3.05, 3.63) is 65.0 Å². The van der Waals surface area contributed by atoms with Crippen molar-refractivity contribution < 1.29 is 17.9 Å². The highest BCUT2D eigenvalue weighted by atomic mass is 32.1. The summed E-state index contributed by atoms with van der Waals surface area (Å²) in [5.74, 6) is -2.98. The lowest BCUT2D eigenvalue weighted by molar-refractivity contribution is 0.269. The Kier molecular flexibility index (Phi) is 4.24. The number of thiocarbonyl (C=S) groups is 1. The van der Waals surface area contributed by atoms with Crippen LogP contribution in [0.3, 0.4) is 0 Å². The number of nitrogens with two attached hydrogens (primary N) is 1. The van der Waals surface area contributed by atoms with Gasteiger partial charge in [-0.15, -0.1) is 0 Å². The molecule has 0 heterocycles. The maximum absolute atomic E-state index is 13.7. The Morgan fingerprint density at radius 2 is 1.65 bits per heavy atom. The molecule has 2 aromatic rings. The second-order valence-corrected chi connectivity index (χ2v) is 4.45. The van der Waals surface area contributed by atoms with Crippen molar-refractivity contribution in [2.24, 2.45) is 5.73 Å². The fourth-order valence-corrected chi connectivity index (χ4v) is 1.72. The highest BCUT2D eigenvalue weighted by Crippen LogP contribution is 2.24. The van der Waals surface area contributed by atoms with E-state index in [-0.39, 0.29) is 22.7 Å². The lowest BCUT2D eigenvalue weighted by Gasteiger charge is -2.10. The van der Waals surface area contributed by atoms with Crippen LogP contribution in [0.2, 0.25) is 0 Å². The number of halogens is 3. The standard InChI is InChI=1S/C14H10F3NOS/c15-10-4-2-1-3-8(10)7-19-13-11(16)5-9(14(18)20)6-12(13)17/h1-6H,7H2,(H2,18,20). The third kappa shape index (κ3) is 3.08. The summed E-state index contributed by atoms with van der Waals surface area (Å²) in [5.41, 5.74) is 5.56. The number of benzene rings is 2. The first-order chi connectivity index (χ1) is 9.49. The van der Waals surface area contributed by atoms with Gasteiger partial charge in [-0.1, -0.05) is 30.4 Å². The van der Waals surface area contributed by atoms with Gasteiger partial charge in [0.2, 0.25) is 0 Å². The van der Waals surface area contributed by atoms with E-state index in [1.807, 2.05) is 0 Å². The van der Waals surface area contributed by atoms with Gasteiger partial charge < -0.3 is 10.5 Å². The van der Waals surface area contributed by atoms with Crippen LogP contribution in [0.4, 0.5) is 13.2 Å². The molecule has 0 spiro atoms. The van der Waals surface area contributed by atoms with Crippen LogP contribution >= 0.6 is 12.2 Å². The lowest BCUT2D eigenvalue weighted by atomic mass is 10.2. The summed E-state index contributed by atoms with van der Waals surface area (Å²) in [5, 5.41) is 0. The molecule has 0 aliphatic heterocycles. The van der Waals surface area contributed by atoms with Gasteiger partial charge in [-0.2, -0.15) is 0 Å². The molecule has 6 heteroatoms. The van der Waals surface area contributed by atoms with Gasteiger partial charge in [-0.3, -0.25) is 0 Å². The van der Waals surface area contributed by atoms with Gasteiger partial charge in [0.1, 0.15) is 17.4 Å². The molecule has 2 N–H and O–H groups in total. The average molecular weight is 297 g/mol. The van der Waals surface area contributed by atoms with Crippen molar-refractivity contribution in [1.82, 2.24) is 0 Å². The van der Waals surface area contributed by atoms with Crippen molar-refractivity contribution in [1.29, 1.82) is 0 Å². The molecule has 0 unspecified atom stereocenters. The Hall–Kier alpha value is -2.08. The molecule has 0 aliphatic carbocycles. The van der Waals surface area contributed by atoms with Crippen molar-refractivity contribution in [2.75, 3.05) is 0 Å². The molecular weight excluding hydrogens is 287 g/mol. The van der Waals surface area contributed by atoms with Crippen LogP contribution in [0.25, 0.3) is 0 Å². The summed E-state index contributed by atoms with van der Waals surface area (Å²) in [7, 11) is 0. The molecule has 0 amide bonds. The van der Waals surface area contributed by atoms with Gasteiger partial charge in [-0.05, 0) is 18.2 Å². The molecule has 0 bridgehead atoms. The highest BCUT2D eigenvalue weighted by Gasteiger charge is 2.14. The van der Waals surface area contributed by atoms with Crippen molar-refractivity contribution >= 4 is 17.2 Å². The summed E-state index contributed by atoms with van der Waals surface area (Å²) in [6, 6.07) is 7.77. The summed E-state index contributed by atoms with van der Waals surface area (Å²) in [6.07, 6.45) is 0. The minimum atomic E-state index is -0.941. The topological polar surface area (TPSA) is 35.2 Å². The zero-order valence-electron chi connectivity index (χ0n) is 10.2. The predicted molar refractivity (Wildman–Crippen MR) is 73.0 cm³/mol. The van der Waals surface area contributed by atoms with Crippen LogP contribution in [0.5, 0.6) is 5.75 Å². The molecule has 0 aromatic heterocycles. The molecule has 0 fully saturated rings. The number of hydrogen-bond acceptors (Lipinski definition) is 2. The highest BCUT2D eigenvalue weighted by molar-refractivity contribution is 7.80. The van der Waals surface area contributed by atoms with E-state index >= 15 is 0 Å². The van der Waals surface area contributed by atoms with Crippen molar-refractivity contribution in [3.8, 4) is 5.75 Å². The van der Waals surface area contributed by atoms with E-state index in [9.17, 15) is 13.2 Å². The van der Waals surface area contributed by atoms with Crippen LogP contribution < -0.4 is 10.5 Å². The fourth-order valence-electron chi connectivity index (χ4n) is 1.61. The molecule has 2 rings (SSSR count). The predicted octanol–water partition coefficient (Wildman–Crippen LogP) is 3.32. The molecule has 0 aliphatic rings. The van der Waals surface area contributed by atoms with E-state index in [1.165, 1.54) is 18.2 Å². The second kappa shape index (κ2) is 5.92. The van der Waals surface area contributed by atoms with Gasteiger partial charge >= 0.3 is 0 Å². The molecule has 0 radical (unpaired) electrons. The minimum Gasteiger partial charge on any atom is -0.483 e. The second-order valence-electron chi connectivity index (χ2n) is 4.01. The normalized spacial score (nSPS) is 10.3. The summed E-state index contributed by atoms with van der Waals surface area (Å²) in [4.78, 5) is -0.122. The van der Waals surface area contributed by atoms with Gasteiger partial charge in [0.25, 0.3) is 0 Å². The quantitative estimate of drug-likeness (QED) is 0.879. The first kappa shape index (κ1) is 14.3. The minimum absolute atomic E-state index is 0.0632. The van der Waals surface area contributed by atoms with Crippen LogP contribution in [-0.2, 0) is 6.61 Å². The Balaban J connectivity index is 2.22. The molecule has 0 atom stereocenters. The Labute approximate surface area is 119 Å². The Morgan fingerprint density at radius 3 is 2.20 bits per heavy atom. The van der Waals surface area contributed by atoms with E-state index in [2.05, 4.69) is 12.2 Å². The summed E-state index contributed by atoms with van der Waals surface area (Å²) < 4.78 is 45.8. The first-order valence-corrected chi connectivity index (χ1v) is 6.05. The molecule has 2 nitrogen and oxygen atoms in total. The van der Waals surface area contributed by atoms with E-state index in [0.29, 0.717) is 0 Å². The Morgan fingerprint density at radius 1 is 1.05 bits per heavy atom. The number of hydrogen-bond donors (Lipinski definition) is 1. The van der Waals surface area contributed by atoms with Gasteiger partial charge in [0.05, 0.1) is 0 Å². The molecule has 20 heavy (non-hydrogen) atoms. The van der Waals surface area contributed by atoms with E-state index in [1.54, 1.807) is 6.07 Å². The zero-order chi connectivity index (χ0) is 14.7. The summed E-state index contributed by atoms with van der Waals surface area (Å²) in [6.45, 7) is -0.285. The van der Waals surface area contributed by atoms with E-state index < -0.39 is 23.2 Å².